The van der Waals surface area contributed by atoms with E-state index < -0.39 is 0 Å². The quantitative estimate of drug-likeness (QED) is 0.366. The lowest BCUT2D eigenvalue weighted by molar-refractivity contribution is 0.102. The summed E-state index contributed by atoms with van der Waals surface area (Å²) < 4.78 is 2.15. The topological polar surface area (TPSA) is 51.0 Å². The molecule has 0 bridgehead atoms. The van der Waals surface area contributed by atoms with Crippen molar-refractivity contribution in [3.05, 3.63) is 76.6 Å². The predicted molar refractivity (Wildman–Crippen MR) is 121 cm³/mol. The fourth-order valence-electron chi connectivity index (χ4n) is 3.66. The van der Waals surface area contributed by atoms with E-state index in [1.807, 2.05) is 18.2 Å². The summed E-state index contributed by atoms with van der Waals surface area (Å²) in [7, 11) is 0. The van der Waals surface area contributed by atoms with Gasteiger partial charge in [0.05, 0.1) is 18.8 Å². The number of benzene rings is 2. The first-order valence-corrected chi connectivity index (χ1v) is 11.7. The third-order valence-corrected chi connectivity index (χ3v) is 6.47. The number of carbonyl (C=O) groups excluding carboxylic acids is 1. The molecule has 0 N–H and O–H groups in total. The van der Waals surface area contributed by atoms with Crippen LogP contribution in [0, 0.1) is 0 Å². The van der Waals surface area contributed by atoms with Gasteiger partial charge in [-0.25, -0.2) is 0 Å². The average Bonchev–Trinajstić information content (AvgIpc) is 3.14. The number of Topliss-reactive ketones (excluding diaryl/α,β-unsaturated/α-hetero) is 1. The lowest BCUT2D eigenvalue weighted by Gasteiger charge is -2.26. The molecule has 0 spiro atoms. The summed E-state index contributed by atoms with van der Waals surface area (Å²) in [5.74, 6) is 1.30. The van der Waals surface area contributed by atoms with E-state index in [0.717, 1.165) is 30.6 Å². The number of piperidine rings is 1. The molecular weight excluding hydrogens is 416 g/mol. The second-order valence-electron chi connectivity index (χ2n) is 7.53. The van der Waals surface area contributed by atoms with E-state index >= 15 is 0 Å². The summed E-state index contributed by atoms with van der Waals surface area (Å²) in [6.07, 6.45) is 3.78. The van der Waals surface area contributed by atoms with Gasteiger partial charge in [0.15, 0.2) is 10.9 Å². The van der Waals surface area contributed by atoms with Crippen LogP contribution in [0.15, 0.2) is 59.8 Å². The molecule has 0 atom stereocenters. The Kier molecular flexibility index (Phi) is 7.20. The van der Waals surface area contributed by atoms with Crippen molar-refractivity contribution in [2.24, 2.45) is 0 Å². The Morgan fingerprint density at radius 1 is 0.967 bits per heavy atom. The molecule has 7 heteroatoms. The van der Waals surface area contributed by atoms with Crippen molar-refractivity contribution in [3.8, 4) is 0 Å². The Bertz CT molecular complexity index is 986. The van der Waals surface area contributed by atoms with Gasteiger partial charge in [0.25, 0.3) is 0 Å². The highest BCUT2D eigenvalue weighted by molar-refractivity contribution is 7.99. The van der Waals surface area contributed by atoms with E-state index in [2.05, 4.69) is 31.8 Å². The smallest absolute Gasteiger partial charge is 0.192 e. The summed E-state index contributed by atoms with van der Waals surface area (Å²) >= 11 is 7.46. The highest BCUT2D eigenvalue weighted by Gasteiger charge is 2.19. The number of likely N-dealkylation sites (tertiary alicyclic amines) is 1. The van der Waals surface area contributed by atoms with Gasteiger partial charge in [0.2, 0.25) is 0 Å². The van der Waals surface area contributed by atoms with Gasteiger partial charge in [0.1, 0.15) is 5.82 Å². The first kappa shape index (κ1) is 21.1. The Morgan fingerprint density at radius 2 is 1.77 bits per heavy atom. The van der Waals surface area contributed by atoms with Gasteiger partial charge in [-0.05, 0) is 43.6 Å². The van der Waals surface area contributed by atoms with Crippen molar-refractivity contribution < 1.29 is 4.79 Å². The van der Waals surface area contributed by atoms with Crippen LogP contribution in [0.4, 0.5) is 0 Å². The molecule has 0 aliphatic carbocycles. The van der Waals surface area contributed by atoms with E-state index in [-0.39, 0.29) is 5.78 Å². The summed E-state index contributed by atoms with van der Waals surface area (Å²) in [5, 5.41) is 10.3. The van der Waals surface area contributed by atoms with Crippen LogP contribution in [-0.2, 0) is 13.1 Å². The molecule has 1 fully saturated rings. The number of aromatic nitrogens is 3. The van der Waals surface area contributed by atoms with Crippen molar-refractivity contribution in [2.75, 3.05) is 18.8 Å². The number of hydrogen-bond donors (Lipinski definition) is 0. The number of ketones is 1. The van der Waals surface area contributed by atoms with E-state index in [0.29, 0.717) is 22.9 Å². The van der Waals surface area contributed by atoms with Gasteiger partial charge in [-0.1, -0.05) is 72.2 Å². The third-order valence-electron chi connectivity index (χ3n) is 5.27. The van der Waals surface area contributed by atoms with Crippen LogP contribution in [0.3, 0.4) is 0 Å². The fraction of sp³-hybridized carbons (Fsp3) is 0.348. The lowest BCUT2D eigenvalue weighted by atomic mass is 10.1. The van der Waals surface area contributed by atoms with Gasteiger partial charge in [-0.3, -0.25) is 9.69 Å². The van der Waals surface area contributed by atoms with Gasteiger partial charge in [-0.15, -0.1) is 10.2 Å². The summed E-state index contributed by atoms with van der Waals surface area (Å²) in [6.45, 7) is 3.70. The van der Waals surface area contributed by atoms with E-state index in [4.69, 9.17) is 11.6 Å². The van der Waals surface area contributed by atoms with Crippen molar-refractivity contribution in [1.29, 1.82) is 0 Å². The zero-order valence-electron chi connectivity index (χ0n) is 16.8. The number of nitrogens with zero attached hydrogens (tertiary/aromatic N) is 4. The highest BCUT2D eigenvalue weighted by Crippen LogP contribution is 2.22. The molecule has 0 saturated carbocycles. The molecular formula is C23H25ClN4OS. The number of carbonyl (C=O) groups is 1. The number of rotatable bonds is 8. The summed E-state index contributed by atoms with van der Waals surface area (Å²) in [4.78, 5) is 15.1. The van der Waals surface area contributed by atoms with Gasteiger partial charge in [0, 0.05) is 10.6 Å². The molecule has 0 amide bonds. The largest absolute Gasteiger partial charge is 0.300 e. The third kappa shape index (κ3) is 5.50. The Morgan fingerprint density at radius 3 is 2.53 bits per heavy atom. The minimum atomic E-state index is 0.0364. The molecule has 3 aromatic rings. The molecule has 156 valence electrons. The van der Waals surface area contributed by atoms with E-state index in [1.54, 1.807) is 24.3 Å². The van der Waals surface area contributed by atoms with Crippen LogP contribution in [0.25, 0.3) is 0 Å². The molecule has 0 radical (unpaired) electrons. The Hall–Kier alpha value is -2.15. The second kappa shape index (κ2) is 10.2. The predicted octanol–water partition coefficient (Wildman–Crippen LogP) is 4.94. The van der Waals surface area contributed by atoms with Gasteiger partial charge < -0.3 is 4.57 Å². The van der Waals surface area contributed by atoms with E-state index in [9.17, 15) is 4.79 Å². The summed E-state index contributed by atoms with van der Waals surface area (Å²) in [6, 6.07) is 17.4. The minimum Gasteiger partial charge on any atom is -0.300 e. The Labute approximate surface area is 186 Å². The average molecular weight is 441 g/mol. The molecule has 1 saturated heterocycles. The molecule has 0 unspecified atom stereocenters. The Balaban J connectivity index is 1.51. The number of hydrogen-bond acceptors (Lipinski definition) is 5. The standard InChI is InChI=1S/C23H25ClN4OS/c24-20-11-7-10-19(14-20)21(29)17-30-23-26-25-22(16-27-12-5-2-6-13-27)28(23)15-18-8-3-1-4-9-18/h1,3-4,7-11,14H,2,5-6,12-13,15-17H2. The molecule has 4 rings (SSSR count). The molecule has 2 heterocycles. The van der Waals surface area contributed by atoms with Crippen molar-refractivity contribution >= 4 is 29.1 Å². The van der Waals surface area contributed by atoms with Crippen LogP contribution in [-0.4, -0.2) is 44.3 Å². The van der Waals surface area contributed by atoms with Crippen molar-refractivity contribution in [1.82, 2.24) is 19.7 Å². The van der Waals surface area contributed by atoms with Gasteiger partial charge >= 0.3 is 0 Å². The van der Waals surface area contributed by atoms with Crippen LogP contribution in [0.1, 0.15) is 41.0 Å². The van der Waals surface area contributed by atoms with Gasteiger partial charge in [-0.2, -0.15) is 0 Å². The maximum Gasteiger partial charge on any atom is 0.192 e. The van der Waals surface area contributed by atoms with Crippen LogP contribution in [0.2, 0.25) is 5.02 Å². The maximum atomic E-state index is 12.6. The monoisotopic (exact) mass is 440 g/mol. The highest BCUT2D eigenvalue weighted by atomic mass is 35.5. The van der Waals surface area contributed by atoms with Crippen LogP contribution in [0.5, 0.6) is 0 Å². The van der Waals surface area contributed by atoms with Crippen LogP contribution < -0.4 is 0 Å². The zero-order chi connectivity index (χ0) is 20.8. The molecule has 1 aliphatic rings. The minimum absolute atomic E-state index is 0.0364. The summed E-state index contributed by atoms with van der Waals surface area (Å²) in [5.41, 5.74) is 1.82. The molecule has 30 heavy (non-hydrogen) atoms. The molecule has 2 aromatic carbocycles. The number of thioether (sulfide) groups is 1. The van der Waals surface area contributed by atoms with E-state index in [1.165, 1.54) is 36.6 Å². The maximum absolute atomic E-state index is 12.6. The molecule has 1 aliphatic heterocycles. The van der Waals surface area contributed by atoms with Crippen molar-refractivity contribution in [2.45, 2.75) is 37.5 Å². The second-order valence-corrected chi connectivity index (χ2v) is 8.91. The first-order valence-electron chi connectivity index (χ1n) is 10.3. The zero-order valence-corrected chi connectivity index (χ0v) is 18.4. The number of halogens is 1. The fourth-order valence-corrected chi connectivity index (χ4v) is 4.70. The molecule has 1 aromatic heterocycles. The lowest BCUT2D eigenvalue weighted by Crippen LogP contribution is -2.30. The first-order chi connectivity index (χ1) is 14.7. The SMILES string of the molecule is O=C(CSc1nnc(CN2CCCCC2)n1Cc1ccccc1)c1cccc(Cl)c1. The molecule has 5 nitrogen and oxygen atoms in total. The van der Waals surface area contributed by atoms with Crippen molar-refractivity contribution in [3.63, 3.8) is 0 Å². The normalized spacial score (nSPS) is 14.7. The van der Waals surface area contributed by atoms with Crippen LogP contribution >= 0.6 is 23.4 Å².